The minimum absolute atomic E-state index is 0.0271. The second-order valence-corrected chi connectivity index (χ2v) is 11.4. The lowest BCUT2D eigenvalue weighted by molar-refractivity contribution is -0.141. The maximum absolute atomic E-state index is 13.9. The van der Waals surface area contributed by atoms with E-state index in [9.17, 15) is 9.59 Å². The summed E-state index contributed by atoms with van der Waals surface area (Å²) in [5.74, 6) is -0.378. The van der Waals surface area contributed by atoms with Gasteiger partial charge in [-0.25, -0.2) is 0 Å². The quantitative estimate of drug-likeness (QED) is 0.275. The topological polar surface area (TPSA) is 49.4 Å². The number of nitrogens with one attached hydrogen (secondary N) is 1. The van der Waals surface area contributed by atoms with Crippen LogP contribution in [0.5, 0.6) is 0 Å². The Hall–Kier alpha value is -2.24. The third kappa shape index (κ3) is 7.89. The molecule has 1 atom stereocenters. The van der Waals surface area contributed by atoms with Gasteiger partial charge in [-0.1, -0.05) is 108 Å². The molecule has 3 aromatic carbocycles. The van der Waals surface area contributed by atoms with Crippen LogP contribution in [0.4, 0.5) is 0 Å². The van der Waals surface area contributed by atoms with Gasteiger partial charge < -0.3 is 10.2 Å². The van der Waals surface area contributed by atoms with Gasteiger partial charge in [-0.3, -0.25) is 9.59 Å². The molecule has 0 heterocycles. The molecule has 0 aliphatic heterocycles. The number of hydrogen-bond acceptors (Lipinski definition) is 2. The fourth-order valence-corrected chi connectivity index (χ4v) is 5.66. The zero-order valence-corrected chi connectivity index (χ0v) is 24.0. The van der Waals surface area contributed by atoms with Crippen molar-refractivity contribution in [1.29, 1.82) is 0 Å². The van der Waals surface area contributed by atoms with Crippen LogP contribution in [-0.2, 0) is 29.0 Å². The normalized spacial score (nSPS) is 14.6. The molecule has 0 spiro atoms. The first kappa shape index (κ1) is 28.8. The van der Waals surface area contributed by atoms with E-state index in [1.165, 1.54) is 6.42 Å². The van der Waals surface area contributed by atoms with Gasteiger partial charge in [-0.05, 0) is 53.8 Å². The smallest absolute Gasteiger partial charge is 0.243 e. The van der Waals surface area contributed by atoms with E-state index in [0.29, 0.717) is 32.1 Å². The number of benzene rings is 3. The summed E-state index contributed by atoms with van der Waals surface area (Å²) in [6.07, 6.45) is 5.67. The van der Waals surface area contributed by atoms with Gasteiger partial charge >= 0.3 is 0 Å². The van der Waals surface area contributed by atoms with Crippen molar-refractivity contribution in [3.63, 3.8) is 0 Å². The second-order valence-electron chi connectivity index (χ2n) is 9.73. The van der Waals surface area contributed by atoms with Crippen molar-refractivity contribution in [2.24, 2.45) is 0 Å². The average Bonchev–Trinajstić information content (AvgIpc) is 2.91. The second kappa shape index (κ2) is 13.7. The lowest BCUT2D eigenvalue weighted by Crippen LogP contribution is -2.53. The summed E-state index contributed by atoms with van der Waals surface area (Å²) in [5.41, 5.74) is 2.39. The Bertz CT molecular complexity index is 1260. The molecule has 0 saturated heterocycles. The first-order valence-corrected chi connectivity index (χ1v) is 14.3. The molecule has 4 nitrogen and oxygen atoms in total. The van der Waals surface area contributed by atoms with Gasteiger partial charge in [0, 0.05) is 29.1 Å². The number of carbonyl (C=O) groups is 2. The molecule has 0 aromatic heterocycles. The molecule has 1 N–H and O–H groups in total. The minimum atomic E-state index is -0.729. The maximum atomic E-state index is 13.9. The standard InChI is InChI=1S/C30H30Cl4N2O2/c31-23-13-12-22(26(33)18-23)17-29(37)36(19-21-11-14-25(32)27(34)15-21)28(16-20-7-3-1-4-8-20)30(38)35-24-9-5-2-6-10-24/h1,3-4,7-8,11-15,18,24,28H,2,5-6,9-10,16-17,19H2,(H,35,38)/t28-/m1/s1. The van der Waals surface area contributed by atoms with E-state index >= 15 is 0 Å². The van der Waals surface area contributed by atoms with Gasteiger partial charge in [-0.2, -0.15) is 0 Å². The molecule has 200 valence electrons. The first-order valence-electron chi connectivity index (χ1n) is 12.8. The third-order valence-electron chi connectivity index (χ3n) is 6.92. The lowest BCUT2D eigenvalue weighted by Gasteiger charge is -2.33. The molecule has 8 heteroatoms. The predicted molar refractivity (Wildman–Crippen MR) is 156 cm³/mol. The SMILES string of the molecule is O=C(NC1CCCCC1)[C@@H](Cc1ccccc1)N(Cc1ccc(Cl)c(Cl)c1)C(=O)Cc1ccc(Cl)cc1Cl. The van der Waals surface area contributed by atoms with Gasteiger partial charge in [0.25, 0.3) is 0 Å². The van der Waals surface area contributed by atoms with Crippen molar-refractivity contribution in [3.05, 3.63) is 104 Å². The Balaban J connectivity index is 1.68. The van der Waals surface area contributed by atoms with E-state index in [4.69, 9.17) is 46.4 Å². The summed E-state index contributed by atoms with van der Waals surface area (Å²) in [7, 11) is 0. The van der Waals surface area contributed by atoms with Gasteiger partial charge in [0.2, 0.25) is 11.8 Å². The van der Waals surface area contributed by atoms with Crippen molar-refractivity contribution in [2.75, 3.05) is 0 Å². The van der Waals surface area contributed by atoms with Crippen LogP contribution in [0.3, 0.4) is 0 Å². The molecule has 1 aliphatic rings. The summed E-state index contributed by atoms with van der Waals surface area (Å²) in [4.78, 5) is 29.4. The van der Waals surface area contributed by atoms with Gasteiger partial charge in [0.1, 0.15) is 6.04 Å². The summed E-state index contributed by atoms with van der Waals surface area (Å²) in [5, 5.41) is 4.96. The highest BCUT2D eigenvalue weighted by Crippen LogP contribution is 2.26. The highest BCUT2D eigenvalue weighted by atomic mass is 35.5. The molecule has 3 aromatic rings. The number of hydrogen-bond donors (Lipinski definition) is 1. The van der Waals surface area contributed by atoms with Crippen molar-refractivity contribution in [2.45, 2.75) is 63.6 Å². The Morgan fingerprint density at radius 2 is 1.55 bits per heavy atom. The van der Waals surface area contributed by atoms with Gasteiger partial charge in [0.05, 0.1) is 16.5 Å². The van der Waals surface area contributed by atoms with E-state index in [0.717, 1.165) is 36.8 Å². The summed E-state index contributed by atoms with van der Waals surface area (Å²) >= 11 is 24.9. The Morgan fingerprint density at radius 1 is 0.816 bits per heavy atom. The zero-order chi connectivity index (χ0) is 27.1. The van der Waals surface area contributed by atoms with Gasteiger partial charge in [-0.15, -0.1) is 0 Å². The highest BCUT2D eigenvalue weighted by molar-refractivity contribution is 6.42. The molecule has 2 amide bonds. The van der Waals surface area contributed by atoms with E-state index in [-0.39, 0.29) is 30.8 Å². The van der Waals surface area contributed by atoms with Crippen LogP contribution >= 0.6 is 46.4 Å². The summed E-state index contributed by atoms with van der Waals surface area (Å²) in [6, 6.07) is 19.5. The molecular weight excluding hydrogens is 562 g/mol. The average molecular weight is 592 g/mol. The van der Waals surface area contributed by atoms with Crippen LogP contribution in [0.25, 0.3) is 0 Å². The molecule has 4 rings (SSSR count). The molecule has 0 bridgehead atoms. The summed E-state index contributed by atoms with van der Waals surface area (Å²) in [6.45, 7) is 0.191. The fourth-order valence-electron chi connectivity index (χ4n) is 4.86. The minimum Gasteiger partial charge on any atom is -0.352 e. The number of carbonyl (C=O) groups excluding carboxylic acids is 2. The zero-order valence-electron chi connectivity index (χ0n) is 20.9. The predicted octanol–water partition coefficient (Wildman–Crippen LogP) is 7.93. The molecule has 1 aliphatic carbocycles. The lowest BCUT2D eigenvalue weighted by atomic mass is 9.94. The van der Waals surface area contributed by atoms with E-state index in [1.54, 1.807) is 35.2 Å². The fraction of sp³-hybridized carbons (Fsp3) is 0.333. The Labute approximate surface area is 244 Å². The maximum Gasteiger partial charge on any atom is 0.243 e. The van der Waals surface area contributed by atoms with E-state index in [1.807, 2.05) is 36.4 Å². The van der Waals surface area contributed by atoms with Crippen molar-refractivity contribution in [3.8, 4) is 0 Å². The van der Waals surface area contributed by atoms with Crippen LogP contribution in [0, 0.1) is 0 Å². The highest BCUT2D eigenvalue weighted by Gasteiger charge is 2.32. The van der Waals surface area contributed by atoms with Crippen molar-refractivity contribution < 1.29 is 9.59 Å². The molecule has 38 heavy (non-hydrogen) atoms. The number of rotatable bonds is 9. The number of amides is 2. The molecule has 0 radical (unpaired) electrons. The number of nitrogens with zero attached hydrogens (tertiary/aromatic N) is 1. The largest absolute Gasteiger partial charge is 0.352 e. The number of halogens is 4. The van der Waals surface area contributed by atoms with Crippen LogP contribution in [-0.4, -0.2) is 28.8 Å². The van der Waals surface area contributed by atoms with E-state index < -0.39 is 6.04 Å². The monoisotopic (exact) mass is 590 g/mol. The third-order valence-corrected chi connectivity index (χ3v) is 8.24. The Kier molecular flexibility index (Phi) is 10.4. The van der Waals surface area contributed by atoms with Crippen molar-refractivity contribution in [1.82, 2.24) is 10.2 Å². The van der Waals surface area contributed by atoms with Crippen molar-refractivity contribution >= 4 is 58.2 Å². The van der Waals surface area contributed by atoms with Crippen LogP contribution in [0.15, 0.2) is 66.7 Å². The van der Waals surface area contributed by atoms with E-state index in [2.05, 4.69) is 5.32 Å². The van der Waals surface area contributed by atoms with Crippen LogP contribution in [0.1, 0.15) is 48.8 Å². The molecule has 0 unspecified atom stereocenters. The van der Waals surface area contributed by atoms with Crippen LogP contribution in [0.2, 0.25) is 20.1 Å². The first-order chi connectivity index (χ1) is 18.3. The molecule has 1 fully saturated rings. The summed E-state index contributed by atoms with van der Waals surface area (Å²) < 4.78 is 0. The molecule has 1 saturated carbocycles. The van der Waals surface area contributed by atoms with Gasteiger partial charge in [0.15, 0.2) is 0 Å². The molecular formula is C30H30Cl4N2O2. The van der Waals surface area contributed by atoms with Crippen LogP contribution < -0.4 is 5.32 Å². The Morgan fingerprint density at radius 3 is 2.24 bits per heavy atom.